The maximum absolute atomic E-state index is 12.5. The molecule has 5 nitrogen and oxygen atoms in total. The Bertz CT molecular complexity index is 428. The van der Waals surface area contributed by atoms with Crippen molar-refractivity contribution in [2.24, 2.45) is 17.6 Å². The molecule has 1 aliphatic carbocycles. The van der Waals surface area contributed by atoms with E-state index in [0.29, 0.717) is 13.1 Å². The molecule has 0 radical (unpaired) electrons. The molecule has 0 aromatic heterocycles. The molecule has 2 rings (SSSR count). The van der Waals surface area contributed by atoms with E-state index in [1.165, 1.54) is 38.5 Å². The van der Waals surface area contributed by atoms with Crippen LogP contribution in [0.2, 0.25) is 0 Å². The van der Waals surface area contributed by atoms with E-state index < -0.39 is 0 Å². The zero-order chi connectivity index (χ0) is 17.6. The average molecular weight is 338 g/mol. The second kappa shape index (κ2) is 8.84. The van der Waals surface area contributed by atoms with Crippen LogP contribution in [0.5, 0.6) is 0 Å². The van der Waals surface area contributed by atoms with Gasteiger partial charge in [-0.3, -0.25) is 9.59 Å². The van der Waals surface area contributed by atoms with E-state index in [4.69, 9.17) is 5.73 Å². The monoisotopic (exact) mass is 337 g/mol. The normalized spacial score (nSPS) is 23.8. The summed E-state index contributed by atoms with van der Waals surface area (Å²) in [7, 11) is 0. The number of nitrogens with one attached hydrogen (secondary N) is 1. The van der Waals surface area contributed by atoms with Crippen molar-refractivity contribution in [3.63, 3.8) is 0 Å². The summed E-state index contributed by atoms with van der Waals surface area (Å²) in [6.07, 6.45) is 10.9. The Balaban J connectivity index is 1.77. The number of nitrogens with two attached hydrogens (primary N) is 1. The fourth-order valence-corrected chi connectivity index (χ4v) is 4.22. The van der Waals surface area contributed by atoms with Crippen LogP contribution in [0.25, 0.3) is 0 Å². The van der Waals surface area contributed by atoms with E-state index in [9.17, 15) is 9.59 Å². The minimum Gasteiger partial charge on any atom is -0.369 e. The fraction of sp³-hybridized carbons (Fsp3) is 0.895. The molecule has 24 heavy (non-hydrogen) atoms. The van der Waals surface area contributed by atoms with Crippen molar-refractivity contribution in [2.45, 2.75) is 77.2 Å². The summed E-state index contributed by atoms with van der Waals surface area (Å²) in [5, 5.41) is 3.46. The van der Waals surface area contributed by atoms with Crippen LogP contribution in [0, 0.1) is 11.8 Å². The van der Waals surface area contributed by atoms with Crippen LogP contribution in [0.3, 0.4) is 0 Å². The number of amides is 2. The lowest BCUT2D eigenvalue weighted by atomic mass is 9.86. The minimum atomic E-state index is -0.283. The second-order valence-electron chi connectivity index (χ2n) is 8.38. The lowest BCUT2D eigenvalue weighted by Gasteiger charge is -2.34. The molecule has 1 atom stereocenters. The number of likely N-dealkylation sites (tertiary alicyclic amines) is 1. The lowest BCUT2D eigenvalue weighted by molar-refractivity contribution is -0.134. The van der Waals surface area contributed by atoms with Crippen molar-refractivity contribution in [3.8, 4) is 0 Å². The summed E-state index contributed by atoms with van der Waals surface area (Å²) < 4.78 is 0. The van der Waals surface area contributed by atoms with Crippen molar-refractivity contribution >= 4 is 11.8 Å². The van der Waals surface area contributed by atoms with Crippen LogP contribution in [-0.4, -0.2) is 41.9 Å². The fourth-order valence-electron chi connectivity index (χ4n) is 4.22. The smallest absolute Gasteiger partial charge is 0.236 e. The number of hydrogen-bond donors (Lipinski definition) is 2. The molecule has 138 valence electrons. The van der Waals surface area contributed by atoms with Gasteiger partial charge in [0, 0.05) is 18.6 Å². The SMILES string of the molecule is CC(C)(CC1CCCCCC1)NCC(=O)N1CCCC(C(N)=O)C1. The van der Waals surface area contributed by atoms with Crippen LogP contribution in [-0.2, 0) is 9.59 Å². The van der Waals surface area contributed by atoms with Crippen molar-refractivity contribution in [2.75, 3.05) is 19.6 Å². The largest absolute Gasteiger partial charge is 0.369 e. The molecule has 1 saturated carbocycles. The summed E-state index contributed by atoms with van der Waals surface area (Å²) in [6, 6.07) is 0. The maximum Gasteiger partial charge on any atom is 0.236 e. The molecule has 0 aromatic rings. The summed E-state index contributed by atoms with van der Waals surface area (Å²) in [6.45, 7) is 5.98. The van der Waals surface area contributed by atoms with Gasteiger partial charge in [-0.15, -0.1) is 0 Å². The zero-order valence-corrected chi connectivity index (χ0v) is 15.5. The zero-order valence-electron chi connectivity index (χ0n) is 15.5. The maximum atomic E-state index is 12.5. The first-order valence-corrected chi connectivity index (χ1v) is 9.69. The third-order valence-corrected chi connectivity index (χ3v) is 5.67. The van der Waals surface area contributed by atoms with Gasteiger partial charge < -0.3 is 16.0 Å². The van der Waals surface area contributed by atoms with Crippen LogP contribution in [0.1, 0.15) is 71.6 Å². The number of hydrogen-bond acceptors (Lipinski definition) is 3. The average Bonchev–Trinajstić information content (AvgIpc) is 2.81. The van der Waals surface area contributed by atoms with Gasteiger partial charge in [0.25, 0.3) is 0 Å². The number of carbonyl (C=O) groups is 2. The molecule has 0 aromatic carbocycles. The third-order valence-electron chi connectivity index (χ3n) is 5.67. The van der Waals surface area contributed by atoms with Crippen molar-refractivity contribution in [1.29, 1.82) is 0 Å². The molecule has 2 fully saturated rings. The van der Waals surface area contributed by atoms with E-state index in [1.807, 2.05) is 0 Å². The van der Waals surface area contributed by atoms with Gasteiger partial charge in [0.2, 0.25) is 11.8 Å². The molecular formula is C19H35N3O2. The van der Waals surface area contributed by atoms with Crippen LogP contribution in [0.15, 0.2) is 0 Å². The third kappa shape index (κ3) is 6.08. The highest BCUT2D eigenvalue weighted by atomic mass is 16.2. The van der Waals surface area contributed by atoms with Gasteiger partial charge in [0.1, 0.15) is 0 Å². The molecule has 2 aliphatic rings. The summed E-state index contributed by atoms with van der Waals surface area (Å²) in [4.78, 5) is 25.6. The second-order valence-corrected chi connectivity index (χ2v) is 8.38. The van der Waals surface area contributed by atoms with Gasteiger partial charge >= 0.3 is 0 Å². The molecule has 1 unspecified atom stereocenters. The van der Waals surface area contributed by atoms with Crippen molar-refractivity contribution in [3.05, 3.63) is 0 Å². The predicted molar refractivity (Wildman–Crippen MR) is 96.4 cm³/mol. The van der Waals surface area contributed by atoms with E-state index in [-0.39, 0.29) is 23.3 Å². The van der Waals surface area contributed by atoms with E-state index in [0.717, 1.165) is 31.7 Å². The van der Waals surface area contributed by atoms with E-state index >= 15 is 0 Å². The Kier molecular flexibility index (Phi) is 7.08. The quantitative estimate of drug-likeness (QED) is 0.731. The Morgan fingerprint density at radius 3 is 2.38 bits per heavy atom. The Morgan fingerprint density at radius 1 is 1.08 bits per heavy atom. The molecule has 1 heterocycles. The topological polar surface area (TPSA) is 75.4 Å². The molecule has 1 aliphatic heterocycles. The first-order chi connectivity index (χ1) is 11.4. The molecule has 5 heteroatoms. The van der Waals surface area contributed by atoms with Crippen LogP contribution >= 0.6 is 0 Å². The number of primary amides is 1. The number of carbonyl (C=O) groups excluding carboxylic acids is 2. The highest BCUT2D eigenvalue weighted by molar-refractivity contribution is 5.81. The Labute approximate surface area is 146 Å². The van der Waals surface area contributed by atoms with Gasteiger partial charge in [-0.2, -0.15) is 0 Å². The van der Waals surface area contributed by atoms with E-state index in [2.05, 4.69) is 19.2 Å². The Hall–Kier alpha value is -1.10. The highest BCUT2D eigenvalue weighted by Gasteiger charge is 2.29. The summed E-state index contributed by atoms with van der Waals surface area (Å²) >= 11 is 0. The molecule has 0 bridgehead atoms. The number of rotatable bonds is 6. The van der Waals surface area contributed by atoms with Crippen molar-refractivity contribution < 1.29 is 9.59 Å². The predicted octanol–water partition coefficient (Wildman–Crippen LogP) is 2.44. The van der Waals surface area contributed by atoms with Gasteiger partial charge in [-0.05, 0) is 39.0 Å². The molecule has 3 N–H and O–H groups in total. The van der Waals surface area contributed by atoms with Crippen molar-refractivity contribution in [1.82, 2.24) is 10.2 Å². The number of piperidine rings is 1. The van der Waals surface area contributed by atoms with Gasteiger partial charge in [-0.1, -0.05) is 38.5 Å². The molecular weight excluding hydrogens is 302 g/mol. The van der Waals surface area contributed by atoms with Gasteiger partial charge in [-0.25, -0.2) is 0 Å². The van der Waals surface area contributed by atoms with Crippen LogP contribution < -0.4 is 11.1 Å². The number of nitrogens with zero attached hydrogens (tertiary/aromatic N) is 1. The molecule has 2 amide bonds. The van der Waals surface area contributed by atoms with Gasteiger partial charge in [0.15, 0.2) is 0 Å². The minimum absolute atomic E-state index is 0.0243. The van der Waals surface area contributed by atoms with Crippen LogP contribution in [0.4, 0.5) is 0 Å². The summed E-state index contributed by atoms with van der Waals surface area (Å²) in [5.41, 5.74) is 5.37. The summed E-state index contributed by atoms with van der Waals surface area (Å²) in [5.74, 6) is 0.407. The van der Waals surface area contributed by atoms with E-state index in [1.54, 1.807) is 4.90 Å². The standard InChI is InChI=1S/C19H35N3O2/c1-19(2,12-15-8-5-3-4-6-9-15)21-13-17(23)22-11-7-10-16(14-22)18(20)24/h15-16,21H,3-14H2,1-2H3,(H2,20,24). The Morgan fingerprint density at radius 2 is 1.75 bits per heavy atom. The first kappa shape index (κ1) is 19.2. The van der Waals surface area contributed by atoms with Gasteiger partial charge in [0.05, 0.1) is 12.5 Å². The molecule has 1 saturated heterocycles. The molecule has 0 spiro atoms. The lowest BCUT2D eigenvalue weighted by Crippen LogP contribution is -2.50. The first-order valence-electron chi connectivity index (χ1n) is 9.69. The highest BCUT2D eigenvalue weighted by Crippen LogP contribution is 2.29.